The monoisotopic (exact) mass is 305 g/mol. The van der Waals surface area contributed by atoms with Crippen molar-refractivity contribution < 1.29 is 14.6 Å². The lowest BCUT2D eigenvalue weighted by Gasteiger charge is -2.04. The predicted molar refractivity (Wildman–Crippen MR) is 56.9 cm³/mol. The average Bonchev–Trinajstić information content (AvgIpc) is 2.10. The standard InChI is InChI=1S/C8H6IO3Si/c9-7-5(8(11)12-4-13)2-1-3-6(7)10/h1-3,10H,4H2. The molecule has 1 rings (SSSR count). The van der Waals surface area contributed by atoms with Crippen LogP contribution in [0.3, 0.4) is 0 Å². The van der Waals surface area contributed by atoms with Crippen LogP contribution in [-0.2, 0) is 4.74 Å². The molecule has 0 aliphatic rings. The van der Waals surface area contributed by atoms with Gasteiger partial charge in [0.05, 0.1) is 25.6 Å². The van der Waals surface area contributed by atoms with E-state index in [-0.39, 0.29) is 12.0 Å². The van der Waals surface area contributed by atoms with Crippen LogP contribution < -0.4 is 0 Å². The van der Waals surface area contributed by atoms with Crippen molar-refractivity contribution in [2.45, 2.75) is 0 Å². The van der Waals surface area contributed by atoms with Crippen LogP contribution >= 0.6 is 22.6 Å². The van der Waals surface area contributed by atoms with Gasteiger partial charge in [-0.25, -0.2) is 4.79 Å². The number of phenolic OH excluding ortho intramolecular Hbond substituents is 1. The molecule has 0 amide bonds. The van der Waals surface area contributed by atoms with E-state index < -0.39 is 5.97 Å². The van der Waals surface area contributed by atoms with E-state index in [0.717, 1.165) is 0 Å². The molecule has 0 atom stereocenters. The first kappa shape index (κ1) is 10.5. The number of hydrogen-bond acceptors (Lipinski definition) is 3. The quantitative estimate of drug-likeness (QED) is 0.509. The molecule has 0 saturated heterocycles. The van der Waals surface area contributed by atoms with E-state index in [0.29, 0.717) is 9.13 Å². The second-order valence-corrected chi connectivity index (χ2v) is 3.58. The minimum absolute atomic E-state index is 0.0870. The number of carbonyl (C=O) groups excluding carboxylic acids is 1. The summed E-state index contributed by atoms with van der Waals surface area (Å²) in [4.78, 5) is 11.2. The molecule has 3 radical (unpaired) electrons. The Morgan fingerprint density at radius 1 is 1.62 bits per heavy atom. The van der Waals surface area contributed by atoms with Gasteiger partial charge in [0.1, 0.15) is 5.75 Å². The van der Waals surface area contributed by atoms with Gasteiger partial charge in [0.2, 0.25) is 0 Å². The highest BCUT2D eigenvalue weighted by atomic mass is 127. The summed E-state index contributed by atoms with van der Waals surface area (Å²) in [6.45, 7) is 0. The van der Waals surface area contributed by atoms with Crippen LogP contribution in [-0.4, -0.2) is 27.5 Å². The number of aromatic hydroxyl groups is 1. The molecule has 0 unspecified atom stereocenters. The molecule has 0 heterocycles. The fourth-order valence-electron chi connectivity index (χ4n) is 0.821. The molecule has 3 nitrogen and oxygen atoms in total. The highest BCUT2D eigenvalue weighted by molar-refractivity contribution is 14.1. The van der Waals surface area contributed by atoms with E-state index in [1.54, 1.807) is 12.1 Å². The van der Waals surface area contributed by atoms with Crippen LogP contribution in [0, 0.1) is 3.57 Å². The zero-order valence-corrected chi connectivity index (χ0v) is 9.74. The number of halogens is 1. The second kappa shape index (κ2) is 4.61. The van der Waals surface area contributed by atoms with Gasteiger partial charge in [0.25, 0.3) is 0 Å². The second-order valence-electron chi connectivity index (χ2n) is 2.21. The van der Waals surface area contributed by atoms with Crippen molar-refractivity contribution in [3.8, 4) is 5.75 Å². The Bertz CT molecular complexity index is 327. The van der Waals surface area contributed by atoms with Gasteiger partial charge >= 0.3 is 5.97 Å². The van der Waals surface area contributed by atoms with Crippen LogP contribution in [0.1, 0.15) is 10.4 Å². The van der Waals surface area contributed by atoms with Gasteiger partial charge in [-0.15, -0.1) is 0 Å². The SMILES string of the molecule is O=C(OC[Si])c1cccc(O)c1I. The molecule has 0 aliphatic carbocycles. The number of hydrogen-bond donors (Lipinski definition) is 1. The fraction of sp³-hybridized carbons (Fsp3) is 0.125. The van der Waals surface area contributed by atoms with Gasteiger partial charge in [-0.3, -0.25) is 0 Å². The Balaban J connectivity index is 3.01. The Morgan fingerprint density at radius 3 is 2.92 bits per heavy atom. The summed E-state index contributed by atoms with van der Waals surface area (Å²) in [5.74, 6) is -0.362. The van der Waals surface area contributed by atoms with Gasteiger partial charge in [0, 0.05) is 0 Å². The molecule has 13 heavy (non-hydrogen) atoms. The smallest absolute Gasteiger partial charge is 0.338 e. The summed E-state index contributed by atoms with van der Waals surface area (Å²) in [6.07, 6.45) is 0.143. The fourth-order valence-corrected chi connectivity index (χ4v) is 1.53. The number of carbonyl (C=O) groups is 1. The van der Waals surface area contributed by atoms with Crippen molar-refractivity contribution in [1.82, 2.24) is 0 Å². The Hall–Kier alpha value is -0.563. The lowest BCUT2D eigenvalue weighted by atomic mass is 10.2. The van der Waals surface area contributed by atoms with Gasteiger partial charge in [-0.2, -0.15) is 0 Å². The van der Waals surface area contributed by atoms with Crippen molar-refractivity contribution in [3.63, 3.8) is 0 Å². The summed E-state index contributed by atoms with van der Waals surface area (Å²) in [7, 11) is 3.03. The number of ether oxygens (including phenoxy) is 1. The van der Waals surface area contributed by atoms with E-state index in [4.69, 9.17) is 4.74 Å². The summed E-state index contributed by atoms with van der Waals surface area (Å²) >= 11 is 1.89. The van der Waals surface area contributed by atoms with Gasteiger partial charge in [-0.05, 0) is 34.7 Å². The Labute approximate surface area is 92.7 Å². The normalized spacial score (nSPS) is 9.69. The van der Waals surface area contributed by atoms with E-state index in [1.807, 2.05) is 22.6 Å². The first-order chi connectivity index (χ1) is 6.16. The maximum Gasteiger partial charge on any atom is 0.338 e. The first-order valence-electron chi connectivity index (χ1n) is 3.46. The van der Waals surface area contributed by atoms with Crippen molar-refractivity contribution in [1.29, 1.82) is 0 Å². The summed E-state index contributed by atoms with van der Waals surface area (Å²) in [6, 6.07) is 4.72. The molecule has 1 aromatic rings. The van der Waals surface area contributed by atoms with Crippen LogP contribution in [0.5, 0.6) is 5.75 Å². The maximum absolute atomic E-state index is 11.2. The lowest BCUT2D eigenvalue weighted by Crippen LogP contribution is -2.07. The van der Waals surface area contributed by atoms with Gasteiger partial charge < -0.3 is 9.84 Å². The zero-order valence-electron chi connectivity index (χ0n) is 6.58. The Kier molecular flexibility index (Phi) is 3.73. The number of rotatable bonds is 2. The number of benzene rings is 1. The van der Waals surface area contributed by atoms with E-state index in [9.17, 15) is 9.90 Å². The van der Waals surface area contributed by atoms with Crippen LogP contribution in [0.15, 0.2) is 18.2 Å². The minimum atomic E-state index is -0.449. The Morgan fingerprint density at radius 2 is 2.31 bits per heavy atom. The first-order valence-corrected chi connectivity index (χ1v) is 5.24. The zero-order chi connectivity index (χ0) is 9.84. The molecule has 0 fully saturated rings. The molecule has 67 valence electrons. The highest BCUT2D eigenvalue weighted by Gasteiger charge is 2.12. The van der Waals surface area contributed by atoms with Crippen LogP contribution in [0.2, 0.25) is 0 Å². The molecule has 0 saturated carbocycles. The van der Waals surface area contributed by atoms with Crippen molar-refractivity contribution >= 4 is 38.8 Å². The highest BCUT2D eigenvalue weighted by Crippen LogP contribution is 2.23. The van der Waals surface area contributed by atoms with Crippen LogP contribution in [0.4, 0.5) is 0 Å². The van der Waals surface area contributed by atoms with Gasteiger partial charge in [0.15, 0.2) is 0 Å². The third kappa shape index (κ3) is 2.44. The average molecular weight is 305 g/mol. The largest absolute Gasteiger partial charge is 0.507 e. The minimum Gasteiger partial charge on any atom is -0.507 e. The molecule has 0 aromatic heterocycles. The number of phenols is 1. The lowest BCUT2D eigenvalue weighted by molar-refractivity contribution is 0.0572. The van der Waals surface area contributed by atoms with Crippen LogP contribution in [0.25, 0.3) is 0 Å². The summed E-state index contributed by atoms with van der Waals surface area (Å²) in [5, 5.41) is 9.29. The third-order valence-electron chi connectivity index (χ3n) is 1.40. The molecule has 0 spiro atoms. The molecule has 1 aromatic carbocycles. The third-order valence-corrected chi connectivity index (χ3v) is 2.68. The number of esters is 1. The molecule has 0 aliphatic heterocycles. The van der Waals surface area contributed by atoms with Crippen molar-refractivity contribution in [3.05, 3.63) is 27.3 Å². The van der Waals surface area contributed by atoms with E-state index in [2.05, 4.69) is 10.2 Å². The van der Waals surface area contributed by atoms with Gasteiger partial charge in [-0.1, -0.05) is 6.07 Å². The molecule has 1 N–H and O–H groups in total. The molecule has 0 bridgehead atoms. The van der Waals surface area contributed by atoms with Crippen molar-refractivity contribution in [2.75, 3.05) is 6.23 Å². The van der Waals surface area contributed by atoms with E-state index in [1.165, 1.54) is 6.07 Å². The molecular formula is C8H6IO3Si. The molecular weight excluding hydrogens is 299 g/mol. The maximum atomic E-state index is 11.2. The van der Waals surface area contributed by atoms with E-state index >= 15 is 0 Å². The predicted octanol–water partition coefficient (Wildman–Crippen LogP) is 1.28. The topological polar surface area (TPSA) is 46.5 Å². The molecule has 5 heteroatoms. The van der Waals surface area contributed by atoms with Crippen molar-refractivity contribution in [2.24, 2.45) is 0 Å². The summed E-state index contributed by atoms with van der Waals surface area (Å²) < 4.78 is 5.23. The summed E-state index contributed by atoms with van der Waals surface area (Å²) in [5.41, 5.74) is 0.374.